The van der Waals surface area contributed by atoms with Crippen LogP contribution in [-0.4, -0.2) is 51.9 Å². The number of carbonyl (C=O) groups is 2. The predicted octanol–water partition coefficient (Wildman–Crippen LogP) is 5.15. The number of rotatable bonds is 12. The molecule has 2 amide bonds. The van der Waals surface area contributed by atoms with Gasteiger partial charge in [0.15, 0.2) is 0 Å². The molecule has 0 heterocycles. The first-order chi connectivity index (χ1) is 20.6. The molecule has 4 rings (SSSR count). The van der Waals surface area contributed by atoms with Crippen molar-refractivity contribution in [3.8, 4) is 17.2 Å². The van der Waals surface area contributed by atoms with Crippen LogP contribution in [0.3, 0.4) is 0 Å². The largest absolute Gasteiger partial charge is 0.497 e. The first-order valence-corrected chi connectivity index (χ1v) is 15.1. The number of benzene rings is 4. The molecule has 0 aromatic heterocycles. The smallest absolute Gasteiger partial charge is 0.264 e. The first-order valence-electron chi connectivity index (χ1n) is 13.7. The number of para-hydroxylation sites is 1. The van der Waals surface area contributed by atoms with Crippen molar-refractivity contribution in [2.24, 2.45) is 0 Å². The lowest BCUT2D eigenvalue weighted by Crippen LogP contribution is -2.50. The average Bonchev–Trinajstić information content (AvgIpc) is 3.03. The van der Waals surface area contributed by atoms with Gasteiger partial charge in [0.1, 0.15) is 29.8 Å². The molecular weight excluding hydrogens is 566 g/mol. The number of likely N-dealkylation sites (N-methyl/N-ethyl adjacent to an activating group) is 1. The van der Waals surface area contributed by atoms with E-state index in [4.69, 9.17) is 9.47 Å². The summed E-state index contributed by atoms with van der Waals surface area (Å²) in [5.74, 6) is 0.857. The highest BCUT2D eigenvalue weighted by atomic mass is 32.2. The van der Waals surface area contributed by atoms with Crippen molar-refractivity contribution < 1.29 is 27.5 Å². The van der Waals surface area contributed by atoms with E-state index in [1.165, 1.54) is 24.1 Å². The van der Waals surface area contributed by atoms with E-state index in [2.05, 4.69) is 5.32 Å². The third-order valence-corrected chi connectivity index (χ3v) is 8.71. The number of sulfonamides is 1. The molecular formula is C33H35N3O6S. The van der Waals surface area contributed by atoms with Gasteiger partial charge < -0.3 is 19.7 Å². The molecule has 0 radical (unpaired) electrons. The molecule has 0 saturated carbocycles. The number of carbonyl (C=O) groups excluding carboxylic acids is 2. The first kappa shape index (κ1) is 31.1. The topological polar surface area (TPSA) is 105 Å². The average molecular weight is 602 g/mol. The minimum atomic E-state index is -4.18. The van der Waals surface area contributed by atoms with Gasteiger partial charge in [0.05, 0.1) is 17.7 Å². The number of nitrogens with one attached hydrogen (secondary N) is 1. The fraction of sp³-hybridized carbons (Fsp3) is 0.212. The lowest BCUT2D eigenvalue weighted by atomic mass is 10.1. The Balaban J connectivity index is 1.69. The summed E-state index contributed by atoms with van der Waals surface area (Å²) in [4.78, 5) is 28.0. The number of amides is 2. The van der Waals surface area contributed by atoms with Gasteiger partial charge in [0.25, 0.3) is 10.0 Å². The molecule has 0 aliphatic carbocycles. The minimum Gasteiger partial charge on any atom is -0.497 e. The molecule has 4 aromatic rings. The van der Waals surface area contributed by atoms with Crippen molar-refractivity contribution in [3.63, 3.8) is 0 Å². The highest BCUT2D eigenvalue weighted by Gasteiger charge is 2.32. The van der Waals surface area contributed by atoms with Crippen LogP contribution in [0.5, 0.6) is 17.2 Å². The summed E-state index contributed by atoms with van der Waals surface area (Å²) in [6.07, 6.45) is 0. The van der Waals surface area contributed by atoms with Crippen molar-refractivity contribution in [3.05, 3.63) is 114 Å². The van der Waals surface area contributed by atoms with Crippen LogP contribution in [0.4, 0.5) is 5.69 Å². The van der Waals surface area contributed by atoms with Crippen LogP contribution in [0, 0.1) is 6.92 Å². The second-order valence-corrected chi connectivity index (χ2v) is 11.8. The number of ether oxygens (including phenoxy) is 2. The van der Waals surface area contributed by atoms with Crippen molar-refractivity contribution >= 4 is 27.5 Å². The highest BCUT2D eigenvalue weighted by molar-refractivity contribution is 7.92. The standard InChI is InChI=1S/C33H35N3O6S/c1-24-10-20-31(21-11-24)43(39,40)36(27-14-18-30(19-15-27)42-29-8-6-5-7-9-29)23-32(37)35(25(2)33(38)34-3)22-26-12-16-28(41-4)17-13-26/h5-21,25H,22-23H2,1-4H3,(H,34,38)/t25-/m1/s1. The maximum absolute atomic E-state index is 14.0. The van der Waals surface area contributed by atoms with E-state index in [1.807, 2.05) is 37.3 Å². The van der Waals surface area contributed by atoms with Crippen molar-refractivity contribution in [1.29, 1.82) is 0 Å². The van der Waals surface area contributed by atoms with Gasteiger partial charge in [-0.1, -0.05) is 48.0 Å². The molecule has 4 aromatic carbocycles. The second kappa shape index (κ2) is 13.9. The monoisotopic (exact) mass is 601 g/mol. The minimum absolute atomic E-state index is 0.0385. The number of anilines is 1. The number of hydrogen-bond donors (Lipinski definition) is 1. The Morgan fingerprint density at radius 1 is 0.814 bits per heavy atom. The van der Waals surface area contributed by atoms with Crippen LogP contribution in [-0.2, 0) is 26.2 Å². The van der Waals surface area contributed by atoms with Crippen LogP contribution in [0.25, 0.3) is 0 Å². The molecule has 0 aliphatic heterocycles. The zero-order chi connectivity index (χ0) is 31.0. The van der Waals surface area contributed by atoms with Gasteiger partial charge in [0, 0.05) is 13.6 Å². The quantitative estimate of drug-likeness (QED) is 0.241. The second-order valence-electron chi connectivity index (χ2n) is 9.89. The third-order valence-electron chi connectivity index (χ3n) is 6.92. The van der Waals surface area contributed by atoms with Gasteiger partial charge in [0.2, 0.25) is 11.8 Å². The fourth-order valence-corrected chi connectivity index (χ4v) is 5.80. The van der Waals surface area contributed by atoms with Gasteiger partial charge >= 0.3 is 0 Å². The zero-order valence-electron chi connectivity index (χ0n) is 24.6. The Morgan fingerprint density at radius 3 is 1.98 bits per heavy atom. The van der Waals surface area contributed by atoms with Gasteiger partial charge in [-0.2, -0.15) is 0 Å². The van der Waals surface area contributed by atoms with Crippen LogP contribution in [0.2, 0.25) is 0 Å². The van der Waals surface area contributed by atoms with Gasteiger partial charge in [-0.25, -0.2) is 8.42 Å². The summed E-state index contributed by atoms with van der Waals surface area (Å²) in [5, 5.41) is 2.58. The summed E-state index contributed by atoms with van der Waals surface area (Å²) >= 11 is 0. The predicted molar refractivity (Wildman–Crippen MR) is 166 cm³/mol. The Labute approximate surface area is 252 Å². The van der Waals surface area contributed by atoms with Gasteiger partial charge in [-0.3, -0.25) is 13.9 Å². The molecule has 0 aliphatic rings. The Hall–Kier alpha value is -4.83. The maximum Gasteiger partial charge on any atom is 0.264 e. The van der Waals surface area contributed by atoms with Crippen molar-refractivity contribution in [2.45, 2.75) is 31.3 Å². The molecule has 0 spiro atoms. The molecule has 0 fully saturated rings. The molecule has 0 bridgehead atoms. The van der Waals surface area contributed by atoms with E-state index in [-0.39, 0.29) is 23.0 Å². The fourth-order valence-electron chi connectivity index (χ4n) is 4.39. The third kappa shape index (κ3) is 7.72. The summed E-state index contributed by atoms with van der Waals surface area (Å²) < 4.78 is 40.2. The SMILES string of the molecule is CNC(=O)[C@@H](C)N(Cc1ccc(OC)cc1)C(=O)CN(c1ccc(Oc2ccccc2)cc1)S(=O)(=O)c1ccc(C)cc1. The summed E-state index contributed by atoms with van der Waals surface area (Å²) in [7, 11) is -1.13. The summed E-state index contributed by atoms with van der Waals surface area (Å²) in [6, 6.07) is 28.3. The van der Waals surface area contributed by atoms with Crippen LogP contribution < -0.4 is 19.1 Å². The molecule has 10 heteroatoms. The van der Waals surface area contributed by atoms with E-state index in [0.29, 0.717) is 17.2 Å². The molecule has 224 valence electrons. The van der Waals surface area contributed by atoms with Crippen LogP contribution in [0.1, 0.15) is 18.1 Å². The normalized spacial score (nSPS) is 11.7. The van der Waals surface area contributed by atoms with Crippen molar-refractivity contribution in [2.75, 3.05) is 25.0 Å². The Kier molecular flexibility index (Phi) is 10.0. The molecule has 0 saturated heterocycles. The van der Waals surface area contributed by atoms with E-state index < -0.39 is 28.5 Å². The Bertz CT molecular complexity index is 1630. The lowest BCUT2D eigenvalue weighted by molar-refractivity contribution is -0.139. The number of hydrogen-bond acceptors (Lipinski definition) is 6. The number of methoxy groups -OCH3 is 1. The van der Waals surface area contributed by atoms with Gasteiger partial charge in [-0.15, -0.1) is 0 Å². The highest BCUT2D eigenvalue weighted by Crippen LogP contribution is 2.29. The zero-order valence-corrected chi connectivity index (χ0v) is 25.4. The van der Waals surface area contributed by atoms with E-state index >= 15 is 0 Å². The lowest BCUT2D eigenvalue weighted by Gasteiger charge is -2.31. The van der Waals surface area contributed by atoms with Crippen LogP contribution >= 0.6 is 0 Å². The molecule has 0 unspecified atom stereocenters. The maximum atomic E-state index is 14.0. The number of nitrogens with zero attached hydrogens (tertiary/aromatic N) is 2. The van der Waals surface area contributed by atoms with Crippen molar-refractivity contribution in [1.82, 2.24) is 10.2 Å². The Morgan fingerprint density at radius 2 is 1.40 bits per heavy atom. The van der Waals surface area contributed by atoms with E-state index in [0.717, 1.165) is 15.4 Å². The molecule has 1 N–H and O–H groups in total. The molecule has 1 atom stereocenters. The van der Waals surface area contributed by atoms with E-state index in [9.17, 15) is 18.0 Å². The van der Waals surface area contributed by atoms with Crippen LogP contribution in [0.15, 0.2) is 108 Å². The van der Waals surface area contributed by atoms with E-state index in [1.54, 1.807) is 74.7 Å². The van der Waals surface area contributed by atoms with Gasteiger partial charge in [-0.05, 0) is 80.1 Å². The summed E-state index contributed by atoms with van der Waals surface area (Å²) in [6.45, 7) is 3.02. The number of aryl methyl sites for hydroxylation is 1. The molecule has 43 heavy (non-hydrogen) atoms. The molecule has 9 nitrogen and oxygen atoms in total. The summed E-state index contributed by atoms with van der Waals surface area (Å²) in [5.41, 5.74) is 1.92.